The summed E-state index contributed by atoms with van der Waals surface area (Å²) in [4.78, 5) is 0. The van der Waals surface area contributed by atoms with Crippen LogP contribution in [0.3, 0.4) is 0 Å². The van der Waals surface area contributed by atoms with Gasteiger partial charge in [-0.25, -0.2) is 0 Å². The van der Waals surface area contributed by atoms with Gasteiger partial charge in [-0.05, 0) is 36.2 Å². The zero-order valence-corrected chi connectivity index (χ0v) is 16.6. The minimum Gasteiger partial charge on any atom is -0.507 e. The molecule has 132 valence electrons. The summed E-state index contributed by atoms with van der Waals surface area (Å²) in [6, 6.07) is 14.1. The Morgan fingerprint density at radius 2 is 1.31 bits per heavy atom. The Morgan fingerprint density at radius 3 is 1.85 bits per heavy atom. The van der Waals surface area contributed by atoms with Crippen LogP contribution in [0.5, 0.6) is 5.75 Å². The van der Waals surface area contributed by atoms with Gasteiger partial charge in [0.2, 0.25) is 0 Å². The van der Waals surface area contributed by atoms with Gasteiger partial charge in [0.25, 0.3) is 0 Å². The fraction of sp³-hybridized carbons (Fsp3) is 0.0476. The van der Waals surface area contributed by atoms with Gasteiger partial charge in [-0.2, -0.15) is 0 Å². The monoisotopic (exact) mass is 422 g/mol. The second kappa shape index (κ2) is 7.94. The predicted molar refractivity (Wildman–Crippen MR) is 113 cm³/mol. The van der Waals surface area contributed by atoms with E-state index in [0.29, 0.717) is 48.8 Å². The maximum atomic E-state index is 11.1. The third-order valence-corrected chi connectivity index (χ3v) is 5.15. The Bertz CT molecular complexity index is 996. The third kappa shape index (κ3) is 3.72. The molecule has 0 aliphatic heterocycles. The Morgan fingerprint density at radius 1 is 0.769 bits per heavy atom. The van der Waals surface area contributed by atoms with Crippen molar-refractivity contribution in [2.24, 2.45) is 0 Å². The van der Waals surface area contributed by atoms with Gasteiger partial charge in [0, 0.05) is 32.3 Å². The molecule has 26 heavy (non-hydrogen) atoms. The Balaban J connectivity index is 2.29. The van der Waals surface area contributed by atoms with Crippen LogP contribution in [-0.2, 0) is 6.42 Å². The molecule has 0 saturated heterocycles. The van der Waals surface area contributed by atoms with E-state index in [-0.39, 0.29) is 5.75 Å². The molecule has 0 spiro atoms. The molecule has 3 aromatic carbocycles. The number of aromatic hydroxyl groups is 1. The fourth-order valence-corrected chi connectivity index (χ4v) is 3.89. The second-order valence-electron chi connectivity index (χ2n) is 5.74. The highest BCUT2D eigenvalue weighted by Crippen LogP contribution is 2.45. The first-order chi connectivity index (χ1) is 12.4. The number of halogens is 4. The van der Waals surface area contributed by atoms with E-state index < -0.39 is 0 Å². The molecular formula is C21H14Cl4O. The smallest absolute Gasteiger partial charge is 0.131 e. The van der Waals surface area contributed by atoms with Crippen molar-refractivity contribution >= 4 is 46.4 Å². The molecule has 1 N–H and O–H groups in total. The summed E-state index contributed by atoms with van der Waals surface area (Å²) < 4.78 is 0. The topological polar surface area (TPSA) is 20.2 Å². The lowest BCUT2D eigenvalue weighted by atomic mass is 9.91. The van der Waals surface area contributed by atoms with E-state index in [4.69, 9.17) is 46.4 Å². The number of hydrogen-bond acceptors (Lipinski definition) is 1. The first-order valence-electron chi connectivity index (χ1n) is 7.79. The Kier molecular flexibility index (Phi) is 5.84. The van der Waals surface area contributed by atoms with Gasteiger partial charge in [0.1, 0.15) is 5.75 Å². The molecule has 3 aromatic rings. The molecule has 0 aliphatic rings. The zero-order valence-electron chi connectivity index (χ0n) is 13.6. The molecule has 0 aromatic heterocycles. The average molecular weight is 424 g/mol. The van der Waals surface area contributed by atoms with Gasteiger partial charge < -0.3 is 5.11 Å². The minimum atomic E-state index is 0.0952. The molecule has 5 heteroatoms. The zero-order chi connectivity index (χ0) is 18.8. The lowest BCUT2D eigenvalue weighted by Crippen LogP contribution is -1.93. The lowest BCUT2D eigenvalue weighted by Gasteiger charge is -2.17. The molecule has 0 amide bonds. The first-order valence-corrected chi connectivity index (χ1v) is 9.30. The number of allylic oxidation sites excluding steroid dienone is 1. The van der Waals surface area contributed by atoms with Crippen LogP contribution in [0, 0.1) is 0 Å². The van der Waals surface area contributed by atoms with Gasteiger partial charge in [-0.1, -0.05) is 76.7 Å². The number of benzene rings is 3. The van der Waals surface area contributed by atoms with Crippen LogP contribution in [0.25, 0.3) is 22.3 Å². The SMILES string of the molecule is C=CCc1ccc(-c2ccc(Cl)cc2Cl)c(O)c1-c1ccc(Cl)cc1Cl. The second-order valence-corrected chi connectivity index (χ2v) is 7.42. The maximum Gasteiger partial charge on any atom is 0.131 e. The molecule has 0 heterocycles. The molecule has 0 atom stereocenters. The van der Waals surface area contributed by atoms with Gasteiger partial charge >= 0.3 is 0 Å². The summed E-state index contributed by atoms with van der Waals surface area (Å²) in [7, 11) is 0. The molecule has 0 unspecified atom stereocenters. The Hall–Kier alpha value is -1.64. The standard InChI is InChI=1S/C21H14Cl4O/c1-2-3-12-4-7-16(15-8-5-13(22)10-18(15)24)21(26)20(12)17-9-6-14(23)11-19(17)25/h2,4-11,26H,1,3H2. The lowest BCUT2D eigenvalue weighted by molar-refractivity contribution is 0.479. The molecule has 1 nitrogen and oxygen atoms in total. The van der Waals surface area contributed by atoms with Crippen LogP contribution in [0.4, 0.5) is 0 Å². The van der Waals surface area contributed by atoms with E-state index in [1.54, 1.807) is 42.5 Å². The number of hydrogen-bond donors (Lipinski definition) is 1. The quantitative estimate of drug-likeness (QED) is 0.420. The van der Waals surface area contributed by atoms with E-state index in [2.05, 4.69) is 6.58 Å². The fourth-order valence-electron chi connectivity index (χ4n) is 2.88. The van der Waals surface area contributed by atoms with Crippen molar-refractivity contribution in [1.29, 1.82) is 0 Å². The Labute approximate surface area is 172 Å². The summed E-state index contributed by atoms with van der Waals surface area (Å²) in [5.41, 5.74) is 3.51. The maximum absolute atomic E-state index is 11.1. The van der Waals surface area contributed by atoms with Crippen molar-refractivity contribution in [2.75, 3.05) is 0 Å². The van der Waals surface area contributed by atoms with Crippen molar-refractivity contribution in [1.82, 2.24) is 0 Å². The summed E-state index contributed by atoms with van der Waals surface area (Å²) in [6.45, 7) is 3.79. The summed E-state index contributed by atoms with van der Waals surface area (Å²) >= 11 is 24.7. The van der Waals surface area contributed by atoms with Gasteiger partial charge in [-0.3, -0.25) is 0 Å². The van der Waals surface area contributed by atoms with Crippen molar-refractivity contribution in [3.63, 3.8) is 0 Å². The highest BCUT2D eigenvalue weighted by molar-refractivity contribution is 6.37. The number of phenols is 1. The summed E-state index contributed by atoms with van der Waals surface area (Å²) in [6.07, 6.45) is 2.35. The highest BCUT2D eigenvalue weighted by Gasteiger charge is 2.19. The average Bonchev–Trinajstić information content (AvgIpc) is 2.58. The van der Waals surface area contributed by atoms with E-state index >= 15 is 0 Å². The van der Waals surface area contributed by atoms with Crippen LogP contribution in [0.15, 0.2) is 61.2 Å². The molecule has 3 rings (SSSR count). The molecule has 0 fully saturated rings. The van der Waals surface area contributed by atoms with E-state index in [1.165, 1.54) is 0 Å². The number of phenolic OH excluding ortho intramolecular Hbond substituents is 1. The third-order valence-electron chi connectivity index (χ3n) is 4.05. The summed E-state index contributed by atoms with van der Waals surface area (Å²) in [5, 5.41) is 13.0. The van der Waals surface area contributed by atoms with Crippen LogP contribution >= 0.6 is 46.4 Å². The van der Waals surface area contributed by atoms with Crippen molar-refractivity contribution in [3.8, 4) is 28.0 Å². The van der Waals surface area contributed by atoms with Crippen LogP contribution in [-0.4, -0.2) is 5.11 Å². The van der Waals surface area contributed by atoms with Gasteiger partial charge in [0.15, 0.2) is 0 Å². The molecule has 0 bridgehead atoms. The molecule has 0 radical (unpaired) electrons. The predicted octanol–water partition coefficient (Wildman–Crippen LogP) is 8.07. The first kappa shape index (κ1) is 19.1. The number of rotatable bonds is 4. The van der Waals surface area contributed by atoms with Gasteiger partial charge in [0.05, 0.1) is 10.0 Å². The van der Waals surface area contributed by atoms with E-state index in [9.17, 15) is 5.11 Å². The van der Waals surface area contributed by atoms with Crippen LogP contribution < -0.4 is 0 Å². The molecule has 0 aliphatic carbocycles. The van der Waals surface area contributed by atoms with E-state index in [0.717, 1.165) is 5.56 Å². The van der Waals surface area contributed by atoms with Crippen molar-refractivity contribution < 1.29 is 5.11 Å². The van der Waals surface area contributed by atoms with E-state index in [1.807, 2.05) is 12.1 Å². The molecular weight excluding hydrogens is 410 g/mol. The minimum absolute atomic E-state index is 0.0952. The van der Waals surface area contributed by atoms with Gasteiger partial charge in [-0.15, -0.1) is 6.58 Å². The molecule has 0 saturated carbocycles. The highest BCUT2D eigenvalue weighted by atomic mass is 35.5. The van der Waals surface area contributed by atoms with Crippen molar-refractivity contribution in [3.05, 3.63) is 86.8 Å². The largest absolute Gasteiger partial charge is 0.507 e. The van der Waals surface area contributed by atoms with Crippen LogP contribution in [0.2, 0.25) is 20.1 Å². The van der Waals surface area contributed by atoms with Crippen LogP contribution in [0.1, 0.15) is 5.56 Å². The normalized spacial score (nSPS) is 10.8. The van der Waals surface area contributed by atoms with Crippen molar-refractivity contribution in [2.45, 2.75) is 6.42 Å². The summed E-state index contributed by atoms with van der Waals surface area (Å²) in [5.74, 6) is 0.0952.